The molecule has 3 nitrogen and oxygen atoms in total. The van der Waals surface area contributed by atoms with Gasteiger partial charge in [0.1, 0.15) is 23.3 Å². The largest absolute Gasteiger partial charge is 0.462 e. The minimum absolute atomic E-state index is 0.0298. The lowest BCUT2D eigenvalue weighted by Gasteiger charge is -2.17. The number of halogens is 2. The highest BCUT2D eigenvalue weighted by atomic mass is 19.1. The van der Waals surface area contributed by atoms with Crippen molar-refractivity contribution in [3.05, 3.63) is 52.6 Å². The zero-order valence-electron chi connectivity index (χ0n) is 14.4. The lowest BCUT2D eigenvalue weighted by Crippen LogP contribution is -2.12. The quantitative estimate of drug-likeness (QED) is 0.431. The summed E-state index contributed by atoms with van der Waals surface area (Å²) >= 11 is 0. The van der Waals surface area contributed by atoms with Gasteiger partial charge in [0.05, 0.1) is 6.61 Å². The number of hydrogen-bond acceptors (Lipinski definition) is 3. The predicted molar refractivity (Wildman–Crippen MR) is 91.2 cm³/mol. The molecule has 1 aromatic carbocycles. The van der Waals surface area contributed by atoms with Crippen molar-refractivity contribution in [2.24, 2.45) is 5.92 Å². The van der Waals surface area contributed by atoms with Crippen LogP contribution in [0, 0.1) is 28.9 Å². The molecule has 2 rings (SSSR count). The summed E-state index contributed by atoms with van der Waals surface area (Å²) in [6.45, 7) is 4.30. The van der Waals surface area contributed by atoms with Crippen LogP contribution in [-0.2, 0) is 9.53 Å². The van der Waals surface area contributed by atoms with Crippen LogP contribution in [0.2, 0.25) is 0 Å². The van der Waals surface area contributed by atoms with E-state index in [2.05, 4.69) is 0 Å². The Labute approximate surface area is 146 Å². The molecule has 0 amide bonds. The maximum atomic E-state index is 13.4. The molecule has 1 aromatic rings. The fraction of sp³-hybridized carbons (Fsp3) is 0.400. The van der Waals surface area contributed by atoms with Gasteiger partial charge in [0.15, 0.2) is 0 Å². The van der Waals surface area contributed by atoms with Gasteiger partial charge >= 0.3 is 5.97 Å². The SMILES string of the molecule is CC(C)CCOC(=O)/C(C#N)=C1/C=C(c2cc(F)cc(F)c2)CCC1. The van der Waals surface area contributed by atoms with Crippen molar-refractivity contribution < 1.29 is 18.3 Å². The van der Waals surface area contributed by atoms with E-state index in [4.69, 9.17) is 4.74 Å². The van der Waals surface area contributed by atoms with Crippen LogP contribution in [-0.4, -0.2) is 12.6 Å². The van der Waals surface area contributed by atoms with Crippen molar-refractivity contribution in [1.82, 2.24) is 0 Å². The third kappa shape index (κ3) is 5.25. The van der Waals surface area contributed by atoms with Crippen molar-refractivity contribution in [1.29, 1.82) is 5.26 Å². The fourth-order valence-corrected chi connectivity index (χ4v) is 2.70. The first-order valence-electron chi connectivity index (χ1n) is 8.38. The number of rotatable bonds is 5. The van der Waals surface area contributed by atoms with E-state index in [1.807, 2.05) is 19.9 Å². The fourth-order valence-electron chi connectivity index (χ4n) is 2.70. The van der Waals surface area contributed by atoms with Crippen LogP contribution >= 0.6 is 0 Å². The molecule has 0 aliphatic heterocycles. The highest BCUT2D eigenvalue weighted by Gasteiger charge is 2.20. The Balaban J connectivity index is 2.27. The summed E-state index contributed by atoms with van der Waals surface area (Å²) in [7, 11) is 0. The van der Waals surface area contributed by atoms with Gasteiger partial charge in [0.2, 0.25) is 0 Å². The van der Waals surface area contributed by atoms with E-state index in [-0.39, 0.29) is 12.2 Å². The average Bonchev–Trinajstić information content (AvgIpc) is 2.54. The van der Waals surface area contributed by atoms with Gasteiger partial charge in [-0.3, -0.25) is 0 Å². The molecule has 1 aliphatic carbocycles. The van der Waals surface area contributed by atoms with E-state index in [1.54, 1.807) is 6.08 Å². The molecule has 0 aromatic heterocycles. The minimum atomic E-state index is -0.652. The molecule has 1 aliphatic rings. The second-order valence-electron chi connectivity index (χ2n) is 6.51. The molecule has 0 spiro atoms. The summed E-state index contributed by atoms with van der Waals surface area (Å²) < 4.78 is 32.0. The van der Waals surface area contributed by atoms with Crippen LogP contribution in [0.5, 0.6) is 0 Å². The zero-order chi connectivity index (χ0) is 18.4. The van der Waals surface area contributed by atoms with Gasteiger partial charge in [-0.2, -0.15) is 5.26 Å². The van der Waals surface area contributed by atoms with Crippen LogP contribution in [0.1, 0.15) is 45.1 Å². The Hall–Kier alpha value is -2.48. The first-order valence-corrected chi connectivity index (χ1v) is 8.38. The van der Waals surface area contributed by atoms with Crippen LogP contribution < -0.4 is 0 Å². The number of esters is 1. The van der Waals surface area contributed by atoms with Crippen LogP contribution in [0.15, 0.2) is 35.4 Å². The second-order valence-corrected chi connectivity index (χ2v) is 6.51. The molecule has 0 atom stereocenters. The third-order valence-corrected chi connectivity index (χ3v) is 4.04. The number of allylic oxidation sites excluding steroid dienone is 3. The van der Waals surface area contributed by atoms with Gasteiger partial charge in [0, 0.05) is 6.07 Å². The number of carbonyl (C=O) groups is 1. The molecule has 0 bridgehead atoms. The molecule has 0 N–H and O–H groups in total. The normalized spacial score (nSPS) is 16.2. The predicted octanol–water partition coefficient (Wildman–Crippen LogP) is 4.94. The Morgan fingerprint density at radius 3 is 2.52 bits per heavy atom. The molecular weight excluding hydrogens is 324 g/mol. The standard InChI is InChI=1S/C20H21F2NO2/c1-13(2)6-7-25-20(24)19(12-23)15-5-3-4-14(8-15)16-9-17(21)11-18(22)10-16/h8-11,13H,3-7H2,1-2H3/b19-15+. The molecule has 0 fully saturated rings. The zero-order valence-corrected chi connectivity index (χ0v) is 14.4. The number of nitrogens with zero attached hydrogens (tertiary/aromatic N) is 1. The summed E-state index contributed by atoms with van der Waals surface area (Å²) in [6.07, 6.45) is 4.30. The number of benzene rings is 1. The Morgan fingerprint density at radius 2 is 1.92 bits per heavy atom. The monoisotopic (exact) mass is 345 g/mol. The van der Waals surface area contributed by atoms with Crippen molar-refractivity contribution in [3.63, 3.8) is 0 Å². The summed E-state index contributed by atoms with van der Waals surface area (Å²) in [5.74, 6) is -1.54. The van der Waals surface area contributed by atoms with Crippen LogP contribution in [0.25, 0.3) is 5.57 Å². The lowest BCUT2D eigenvalue weighted by atomic mass is 9.88. The number of hydrogen-bond donors (Lipinski definition) is 0. The van der Waals surface area contributed by atoms with Crippen molar-refractivity contribution in [3.8, 4) is 6.07 Å². The average molecular weight is 345 g/mol. The maximum absolute atomic E-state index is 13.4. The Morgan fingerprint density at radius 1 is 1.24 bits per heavy atom. The van der Waals surface area contributed by atoms with Gasteiger partial charge < -0.3 is 4.74 Å². The topological polar surface area (TPSA) is 50.1 Å². The van der Waals surface area contributed by atoms with Crippen LogP contribution in [0.3, 0.4) is 0 Å². The first kappa shape index (κ1) is 18.9. The molecule has 0 unspecified atom stereocenters. The van der Waals surface area contributed by atoms with Gasteiger partial charge in [-0.05, 0) is 60.4 Å². The molecule has 0 saturated carbocycles. The van der Waals surface area contributed by atoms with Gasteiger partial charge in [-0.1, -0.05) is 19.9 Å². The van der Waals surface area contributed by atoms with Crippen molar-refractivity contribution in [2.75, 3.05) is 6.61 Å². The molecule has 0 heterocycles. The summed E-state index contributed by atoms with van der Waals surface area (Å²) in [5.41, 5.74) is 1.67. The van der Waals surface area contributed by atoms with Gasteiger partial charge in [-0.15, -0.1) is 0 Å². The number of carbonyl (C=O) groups excluding carboxylic acids is 1. The molecule has 0 radical (unpaired) electrons. The summed E-state index contributed by atoms with van der Waals surface area (Å²) in [4.78, 5) is 12.2. The number of nitriles is 1. The van der Waals surface area contributed by atoms with Crippen molar-refractivity contribution in [2.45, 2.75) is 39.5 Å². The molecular formula is C20H21F2NO2. The van der Waals surface area contributed by atoms with Gasteiger partial charge in [0.25, 0.3) is 0 Å². The summed E-state index contributed by atoms with van der Waals surface area (Å²) in [6, 6.07) is 5.24. The van der Waals surface area contributed by atoms with E-state index in [9.17, 15) is 18.8 Å². The minimum Gasteiger partial charge on any atom is -0.462 e. The van der Waals surface area contributed by atoms with Gasteiger partial charge in [-0.25, -0.2) is 13.6 Å². The highest BCUT2D eigenvalue weighted by Crippen LogP contribution is 2.32. The molecule has 132 valence electrons. The number of ether oxygens (including phenoxy) is 1. The van der Waals surface area contributed by atoms with Crippen molar-refractivity contribution >= 4 is 11.5 Å². The Kier molecular flexibility index (Phi) is 6.46. The smallest absolute Gasteiger partial charge is 0.349 e. The van der Waals surface area contributed by atoms with E-state index < -0.39 is 17.6 Å². The molecule has 25 heavy (non-hydrogen) atoms. The Bertz CT molecular complexity index is 737. The first-order chi connectivity index (χ1) is 11.9. The molecule has 0 saturated heterocycles. The van der Waals surface area contributed by atoms with Crippen LogP contribution in [0.4, 0.5) is 8.78 Å². The van der Waals surface area contributed by atoms with E-state index in [0.717, 1.165) is 12.5 Å². The van der Waals surface area contributed by atoms with E-state index >= 15 is 0 Å². The van der Waals surface area contributed by atoms with E-state index in [0.29, 0.717) is 41.9 Å². The second kappa shape index (κ2) is 8.57. The summed E-state index contributed by atoms with van der Waals surface area (Å²) in [5, 5.41) is 9.34. The highest BCUT2D eigenvalue weighted by molar-refractivity contribution is 5.95. The maximum Gasteiger partial charge on any atom is 0.349 e. The third-order valence-electron chi connectivity index (χ3n) is 4.04. The van der Waals surface area contributed by atoms with E-state index in [1.165, 1.54) is 12.1 Å². The lowest BCUT2D eigenvalue weighted by molar-refractivity contribution is -0.138. The molecule has 5 heteroatoms.